The number of hydrogen-bond acceptors (Lipinski definition) is 2. The minimum Gasteiger partial charge on any atom is -0.409 e. The first-order valence-electron chi connectivity index (χ1n) is 3.12. The zero-order valence-corrected chi connectivity index (χ0v) is 5.94. The van der Waals surface area contributed by atoms with Gasteiger partial charge in [0.25, 0.3) is 0 Å². The van der Waals surface area contributed by atoms with Crippen molar-refractivity contribution in [3.8, 4) is 0 Å². The van der Waals surface area contributed by atoms with Crippen molar-refractivity contribution < 1.29 is 5.21 Å². The molecule has 0 amide bonds. The summed E-state index contributed by atoms with van der Waals surface area (Å²) in [6.45, 7) is 3.27. The molecule has 0 heterocycles. The molecule has 3 heteroatoms. The Kier molecular flexibility index (Phi) is 2.38. The van der Waals surface area contributed by atoms with Gasteiger partial charge in [-0.15, -0.1) is 0 Å². The molecule has 1 N–H and O–H groups in total. The lowest BCUT2D eigenvalue weighted by Crippen LogP contribution is -1.94. The van der Waals surface area contributed by atoms with Gasteiger partial charge in [-0.2, -0.15) is 0 Å². The maximum absolute atomic E-state index is 8.43. The van der Waals surface area contributed by atoms with Crippen molar-refractivity contribution in [1.29, 1.82) is 0 Å². The van der Waals surface area contributed by atoms with Crippen molar-refractivity contribution in [2.24, 2.45) is 10.1 Å². The Morgan fingerprint density at radius 2 is 1.91 bits per heavy atom. The summed E-state index contributed by atoms with van der Waals surface area (Å²) in [7, 11) is 0. The molecule has 56 valence electrons. The van der Waals surface area contributed by atoms with Gasteiger partial charge in [0.15, 0.2) is 5.84 Å². The van der Waals surface area contributed by atoms with Crippen LogP contribution in [0.1, 0.15) is 5.56 Å². The van der Waals surface area contributed by atoms with Crippen LogP contribution < -0.4 is 0 Å². The zero-order chi connectivity index (χ0) is 8.10. The Morgan fingerprint density at radius 3 is 2.36 bits per heavy atom. The Bertz CT molecular complexity index is 267. The highest BCUT2D eigenvalue weighted by atomic mass is 16.4. The molecule has 0 aliphatic heterocycles. The van der Waals surface area contributed by atoms with E-state index >= 15 is 0 Å². The van der Waals surface area contributed by atoms with Crippen LogP contribution in [-0.4, -0.2) is 17.8 Å². The molecule has 0 saturated heterocycles. The first-order chi connectivity index (χ1) is 5.38. The summed E-state index contributed by atoms with van der Waals surface area (Å²) in [5.74, 6) is 0.241. The first-order valence-corrected chi connectivity index (χ1v) is 3.12. The third-order valence-corrected chi connectivity index (χ3v) is 1.28. The van der Waals surface area contributed by atoms with Crippen molar-refractivity contribution >= 4 is 12.6 Å². The van der Waals surface area contributed by atoms with Gasteiger partial charge in [-0.05, 0) is 6.72 Å². The molecule has 0 unspecified atom stereocenters. The summed E-state index contributed by atoms with van der Waals surface area (Å²) in [5.41, 5.74) is 0.755. The highest BCUT2D eigenvalue weighted by Crippen LogP contribution is 2.00. The lowest BCUT2D eigenvalue weighted by atomic mass is 10.2. The van der Waals surface area contributed by atoms with Gasteiger partial charge in [-0.25, -0.2) is 4.99 Å². The Labute approximate surface area is 64.7 Å². The quantitative estimate of drug-likeness (QED) is 0.279. The van der Waals surface area contributed by atoms with Gasteiger partial charge in [-0.1, -0.05) is 35.5 Å². The van der Waals surface area contributed by atoms with Gasteiger partial charge >= 0.3 is 0 Å². The van der Waals surface area contributed by atoms with E-state index in [1.54, 1.807) is 12.1 Å². The van der Waals surface area contributed by atoms with Gasteiger partial charge in [0.2, 0.25) is 0 Å². The normalized spacial score (nSPS) is 11.1. The molecule has 0 saturated carbocycles. The van der Waals surface area contributed by atoms with Crippen LogP contribution in [0.15, 0.2) is 40.5 Å². The fourth-order valence-corrected chi connectivity index (χ4v) is 0.768. The maximum Gasteiger partial charge on any atom is 0.197 e. The molecule has 0 aromatic heterocycles. The second-order valence-corrected chi connectivity index (χ2v) is 1.95. The number of benzene rings is 1. The van der Waals surface area contributed by atoms with E-state index < -0.39 is 0 Å². The monoisotopic (exact) mass is 148 g/mol. The number of hydrogen-bond donors (Lipinski definition) is 1. The molecule has 0 aliphatic rings. The molecule has 0 bridgehead atoms. The van der Waals surface area contributed by atoms with E-state index in [0.29, 0.717) is 0 Å². The molecule has 0 atom stereocenters. The lowest BCUT2D eigenvalue weighted by molar-refractivity contribution is 0.319. The minimum absolute atomic E-state index is 0.241. The van der Waals surface area contributed by atoms with E-state index in [4.69, 9.17) is 5.21 Å². The second kappa shape index (κ2) is 3.51. The minimum atomic E-state index is 0.241. The van der Waals surface area contributed by atoms with Gasteiger partial charge in [0.05, 0.1) is 0 Å². The predicted molar refractivity (Wildman–Crippen MR) is 44.3 cm³/mol. The van der Waals surface area contributed by atoms with E-state index in [2.05, 4.69) is 16.9 Å². The maximum atomic E-state index is 8.43. The molecule has 0 fully saturated rings. The molecule has 0 spiro atoms. The van der Waals surface area contributed by atoms with E-state index in [9.17, 15) is 0 Å². The van der Waals surface area contributed by atoms with Crippen LogP contribution in [0.4, 0.5) is 0 Å². The van der Waals surface area contributed by atoms with Crippen LogP contribution in [0.25, 0.3) is 0 Å². The van der Waals surface area contributed by atoms with Gasteiger partial charge in [0, 0.05) is 5.56 Å². The van der Waals surface area contributed by atoms with Crippen molar-refractivity contribution in [2.75, 3.05) is 0 Å². The largest absolute Gasteiger partial charge is 0.409 e. The van der Waals surface area contributed by atoms with Crippen molar-refractivity contribution in [3.05, 3.63) is 35.9 Å². The average Bonchev–Trinajstić information content (AvgIpc) is 2.09. The zero-order valence-electron chi connectivity index (χ0n) is 5.94. The number of oxime groups is 1. The third kappa shape index (κ3) is 1.64. The molecule has 0 aliphatic carbocycles. The second-order valence-electron chi connectivity index (χ2n) is 1.95. The first kappa shape index (κ1) is 7.47. The number of nitrogens with zero attached hydrogens (tertiary/aromatic N) is 2. The molecular formula is C8H8N2O. The smallest absolute Gasteiger partial charge is 0.197 e. The van der Waals surface area contributed by atoms with Crippen LogP contribution in [-0.2, 0) is 0 Å². The molecule has 11 heavy (non-hydrogen) atoms. The van der Waals surface area contributed by atoms with Crippen LogP contribution in [0.2, 0.25) is 0 Å². The van der Waals surface area contributed by atoms with E-state index in [1.165, 1.54) is 0 Å². The van der Waals surface area contributed by atoms with Crippen LogP contribution in [0.3, 0.4) is 0 Å². The number of aliphatic imine (C=N–C) groups is 1. The van der Waals surface area contributed by atoms with E-state index in [1.807, 2.05) is 18.2 Å². The summed E-state index contributed by atoms with van der Waals surface area (Å²) in [5, 5.41) is 11.4. The SMILES string of the molecule is C=N/C(=N\O)c1ccccc1. The summed E-state index contributed by atoms with van der Waals surface area (Å²) < 4.78 is 0. The fourth-order valence-electron chi connectivity index (χ4n) is 0.768. The molecule has 3 nitrogen and oxygen atoms in total. The molecule has 1 aromatic carbocycles. The summed E-state index contributed by atoms with van der Waals surface area (Å²) >= 11 is 0. The van der Waals surface area contributed by atoms with E-state index in [-0.39, 0.29) is 5.84 Å². The lowest BCUT2D eigenvalue weighted by Gasteiger charge is -1.94. The number of rotatable bonds is 1. The summed E-state index contributed by atoms with van der Waals surface area (Å²) in [6, 6.07) is 9.15. The highest BCUT2D eigenvalue weighted by molar-refractivity contribution is 6.00. The highest BCUT2D eigenvalue weighted by Gasteiger charge is 1.97. The van der Waals surface area contributed by atoms with Crippen LogP contribution in [0.5, 0.6) is 0 Å². The van der Waals surface area contributed by atoms with Crippen molar-refractivity contribution in [1.82, 2.24) is 0 Å². The third-order valence-electron chi connectivity index (χ3n) is 1.28. The van der Waals surface area contributed by atoms with Crippen LogP contribution in [0, 0.1) is 0 Å². The Balaban J connectivity index is 3.01. The van der Waals surface area contributed by atoms with Crippen LogP contribution >= 0.6 is 0 Å². The molecule has 0 radical (unpaired) electrons. The Hall–Kier alpha value is -1.64. The van der Waals surface area contributed by atoms with Gasteiger partial charge < -0.3 is 5.21 Å². The molecular weight excluding hydrogens is 140 g/mol. The topological polar surface area (TPSA) is 45.0 Å². The van der Waals surface area contributed by atoms with Gasteiger partial charge in [-0.3, -0.25) is 0 Å². The average molecular weight is 148 g/mol. The Morgan fingerprint density at radius 1 is 1.27 bits per heavy atom. The predicted octanol–water partition coefficient (Wildman–Crippen LogP) is 1.52. The van der Waals surface area contributed by atoms with Crippen molar-refractivity contribution in [3.63, 3.8) is 0 Å². The molecule has 1 rings (SSSR count). The molecule has 1 aromatic rings. The van der Waals surface area contributed by atoms with Crippen molar-refractivity contribution in [2.45, 2.75) is 0 Å². The number of amidine groups is 1. The van der Waals surface area contributed by atoms with Gasteiger partial charge in [0.1, 0.15) is 0 Å². The standard InChI is InChI=1S/C8H8N2O/c1-9-8(10-11)7-5-3-2-4-6-7/h2-6,11H,1H2/b10-8-. The fraction of sp³-hybridized carbons (Fsp3) is 0. The summed E-state index contributed by atoms with van der Waals surface area (Å²) in [6.07, 6.45) is 0. The van der Waals surface area contributed by atoms with E-state index in [0.717, 1.165) is 5.56 Å². The summed E-state index contributed by atoms with van der Waals surface area (Å²) in [4.78, 5) is 3.53.